The van der Waals surface area contributed by atoms with Gasteiger partial charge in [-0.3, -0.25) is 0 Å². The Morgan fingerprint density at radius 3 is 2.72 bits per heavy atom. The van der Waals surface area contributed by atoms with Crippen molar-refractivity contribution in [1.82, 2.24) is 4.31 Å². The molecule has 1 heterocycles. The highest BCUT2D eigenvalue weighted by Gasteiger charge is 2.39. The predicted octanol–water partition coefficient (Wildman–Crippen LogP) is 2.62. The minimum Gasteiger partial charge on any atom is -0.207 e. The highest BCUT2D eigenvalue weighted by atomic mass is 79.9. The Morgan fingerprint density at radius 1 is 1.44 bits per heavy atom. The van der Waals surface area contributed by atoms with Crippen LogP contribution in [0.5, 0.6) is 0 Å². The van der Waals surface area contributed by atoms with Gasteiger partial charge in [0.05, 0.1) is 0 Å². The molecule has 0 spiro atoms. The minimum absolute atomic E-state index is 0.102. The summed E-state index contributed by atoms with van der Waals surface area (Å²) in [6.07, 6.45) is 0.809. The predicted molar refractivity (Wildman–Crippen MR) is 71.7 cm³/mol. The van der Waals surface area contributed by atoms with E-state index in [1.54, 1.807) is 6.07 Å². The van der Waals surface area contributed by atoms with Crippen LogP contribution in [-0.4, -0.2) is 30.6 Å². The maximum Gasteiger partial charge on any atom is 0.246 e. The number of halogens is 2. The topological polar surface area (TPSA) is 37.4 Å². The molecule has 2 rings (SSSR count). The number of sulfonamides is 1. The second kappa shape index (κ2) is 5.27. The van der Waals surface area contributed by atoms with Crippen LogP contribution < -0.4 is 0 Å². The summed E-state index contributed by atoms with van der Waals surface area (Å²) in [7, 11) is -3.74. The molecule has 1 saturated heterocycles. The summed E-state index contributed by atoms with van der Waals surface area (Å²) in [4.78, 5) is -0.231. The first-order valence-electron chi connectivity index (χ1n) is 5.81. The number of hydrogen-bond acceptors (Lipinski definition) is 2. The molecule has 0 N–H and O–H groups in total. The van der Waals surface area contributed by atoms with Gasteiger partial charge in [0.15, 0.2) is 0 Å². The van der Waals surface area contributed by atoms with Gasteiger partial charge in [-0.15, -0.1) is 0 Å². The zero-order valence-corrected chi connectivity index (χ0v) is 12.4. The third-order valence-corrected chi connectivity index (χ3v) is 6.03. The fourth-order valence-corrected chi connectivity index (χ4v) is 5.26. The maximum atomic E-state index is 13.6. The first kappa shape index (κ1) is 14.0. The standard InChI is InChI=1S/C12H15BrFNO2S/c1-9-6-7-15(11(9)8-13)18(16,17)12-5-3-2-4-10(12)14/h2-5,9,11H,6-8H2,1H3. The van der Waals surface area contributed by atoms with Gasteiger partial charge < -0.3 is 0 Å². The van der Waals surface area contributed by atoms with E-state index in [0.717, 1.165) is 6.42 Å². The number of nitrogens with zero attached hydrogens (tertiary/aromatic N) is 1. The van der Waals surface area contributed by atoms with Crippen LogP contribution in [0, 0.1) is 11.7 Å². The first-order chi connectivity index (χ1) is 8.48. The highest BCUT2D eigenvalue weighted by Crippen LogP contribution is 2.31. The SMILES string of the molecule is CC1CCN(S(=O)(=O)c2ccccc2F)C1CBr. The van der Waals surface area contributed by atoms with Gasteiger partial charge in [-0.2, -0.15) is 4.31 Å². The van der Waals surface area contributed by atoms with Crippen molar-refractivity contribution < 1.29 is 12.8 Å². The van der Waals surface area contributed by atoms with Gasteiger partial charge in [-0.25, -0.2) is 12.8 Å². The van der Waals surface area contributed by atoms with Crippen LogP contribution in [0.1, 0.15) is 13.3 Å². The van der Waals surface area contributed by atoms with Crippen molar-refractivity contribution >= 4 is 26.0 Å². The van der Waals surface area contributed by atoms with E-state index in [2.05, 4.69) is 15.9 Å². The lowest BCUT2D eigenvalue weighted by molar-refractivity contribution is 0.376. The molecule has 1 aromatic rings. The zero-order valence-electron chi connectivity index (χ0n) is 10.0. The fraction of sp³-hybridized carbons (Fsp3) is 0.500. The lowest BCUT2D eigenvalue weighted by Gasteiger charge is -2.24. The van der Waals surface area contributed by atoms with Crippen molar-refractivity contribution in [3.63, 3.8) is 0 Å². The van der Waals surface area contributed by atoms with Crippen LogP contribution in [-0.2, 0) is 10.0 Å². The second-order valence-corrected chi connectivity index (χ2v) is 7.04. The molecule has 0 radical (unpaired) electrons. The Bertz CT molecular complexity index is 535. The van der Waals surface area contributed by atoms with Crippen molar-refractivity contribution in [2.75, 3.05) is 11.9 Å². The van der Waals surface area contributed by atoms with Crippen molar-refractivity contribution in [1.29, 1.82) is 0 Å². The van der Waals surface area contributed by atoms with Crippen molar-refractivity contribution in [2.45, 2.75) is 24.3 Å². The molecule has 1 aliphatic rings. The Hall–Kier alpha value is -0.460. The average Bonchev–Trinajstić information content (AvgIpc) is 2.71. The van der Waals surface area contributed by atoms with Gasteiger partial charge in [-0.05, 0) is 24.5 Å². The van der Waals surface area contributed by atoms with E-state index in [4.69, 9.17) is 0 Å². The van der Waals surface area contributed by atoms with Crippen LogP contribution in [0.2, 0.25) is 0 Å². The van der Waals surface area contributed by atoms with E-state index in [1.165, 1.54) is 22.5 Å². The maximum absolute atomic E-state index is 13.6. The summed E-state index contributed by atoms with van der Waals surface area (Å²) in [5.41, 5.74) is 0. The number of rotatable bonds is 3. The molecular weight excluding hydrogens is 321 g/mol. The van der Waals surface area contributed by atoms with Crippen LogP contribution in [0.4, 0.5) is 4.39 Å². The Labute approximate surface area is 115 Å². The van der Waals surface area contributed by atoms with Gasteiger partial charge in [-0.1, -0.05) is 35.0 Å². The zero-order chi connectivity index (χ0) is 13.3. The van der Waals surface area contributed by atoms with E-state index in [0.29, 0.717) is 11.9 Å². The fourth-order valence-electron chi connectivity index (χ4n) is 2.28. The lowest BCUT2D eigenvalue weighted by atomic mass is 10.1. The summed E-state index contributed by atoms with van der Waals surface area (Å²) < 4.78 is 39.9. The van der Waals surface area contributed by atoms with Gasteiger partial charge in [0, 0.05) is 17.9 Å². The van der Waals surface area contributed by atoms with Gasteiger partial charge in [0.2, 0.25) is 10.0 Å². The second-order valence-electron chi connectivity index (χ2n) is 4.53. The molecule has 0 saturated carbocycles. The third-order valence-electron chi connectivity index (χ3n) is 3.41. The quantitative estimate of drug-likeness (QED) is 0.796. The number of hydrogen-bond donors (Lipinski definition) is 0. The molecule has 2 atom stereocenters. The molecule has 0 aromatic heterocycles. The largest absolute Gasteiger partial charge is 0.246 e. The summed E-state index contributed by atoms with van der Waals surface area (Å²) in [6, 6.07) is 5.42. The summed E-state index contributed by atoms with van der Waals surface area (Å²) in [6.45, 7) is 2.47. The van der Waals surface area contributed by atoms with Crippen LogP contribution in [0.25, 0.3) is 0 Å². The highest BCUT2D eigenvalue weighted by molar-refractivity contribution is 9.09. The summed E-state index contributed by atoms with van der Waals surface area (Å²) >= 11 is 3.34. The van der Waals surface area contributed by atoms with Gasteiger partial charge in [0.25, 0.3) is 0 Å². The van der Waals surface area contributed by atoms with Gasteiger partial charge >= 0.3 is 0 Å². The Morgan fingerprint density at radius 2 is 2.11 bits per heavy atom. The van der Waals surface area contributed by atoms with Crippen LogP contribution >= 0.6 is 15.9 Å². The van der Waals surface area contributed by atoms with Crippen LogP contribution in [0.15, 0.2) is 29.2 Å². The smallest absolute Gasteiger partial charge is 0.207 e. The van der Waals surface area contributed by atoms with E-state index in [1.807, 2.05) is 6.92 Å². The van der Waals surface area contributed by atoms with E-state index >= 15 is 0 Å². The molecule has 3 nitrogen and oxygen atoms in total. The Balaban J connectivity index is 2.41. The normalized spacial score (nSPS) is 25.5. The molecule has 0 aliphatic carbocycles. The molecule has 0 amide bonds. The molecule has 1 aliphatic heterocycles. The van der Waals surface area contributed by atoms with Crippen molar-refractivity contribution in [3.05, 3.63) is 30.1 Å². The molecule has 18 heavy (non-hydrogen) atoms. The minimum atomic E-state index is -3.74. The molecule has 1 fully saturated rings. The van der Waals surface area contributed by atoms with Crippen molar-refractivity contribution in [2.24, 2.45) is 5.92 Å². The average molecular weight is 336 g/mol. The van der Waals surface area contributed by atoms with E-state index in [9.17, 15) is 12.8 Å². The number of benzene rings is 1. The summed E-state index contributed by atoms with van der Waals surface area (Å²) in [5.74, 6) is -0.406. The summed E-state index contributed by atoms with van der Waals surface area (Å²) in [5, 5.41) is 0.571. The number of alkyl halides is 1. The molecule has 100 valence electrons. The third kappa shape index (κ3) is 2.33. The van der Waals surface area contributed by atoms with Crippen molar-refractivity contribution in [3.8, 4) is 0 Å². The molecule has 2 unspecified atom stereocenters. The van der Waals surface area contributed by atoms with E-state index < -0.39 is 15.8 Å². The lowest BCUT2D eigenvalue weighted by Crippen LogP contribution is -2.38. The molecule has 6 heteroatoms. The van der Waals surface area contributed by atoms with E-state index in [-0.39, 0.29) is 16.9 Å². The monoisotopic (exact) mass is 335 g/mol. The van der Waals surface area contributed by atoms with Crippen LogP contribution in [0.3, 0.4) is 0 Å². The molecule has 0 bridgehead atoms. The van der Waals surface area contributed by atoms with Gasteiger partial charge in [0.1, 0.15) is 10.7 Å². The molecule has 1 aromatic carbocycles. The molecular formula is C12H15BrFNO2S. The first-order valence-corrected chi connectivity index (χ1v) is 8.37. The Kier molecular flexibility index (Phi) is 4.08.